The van der Waals surface area contributed by atoms with E-state index in [1.54, 1.807) is 30.1 Å². The highest BCUT2D eigenvalue weighted by molar-refractivity contribution is 8.06. The van der Waals surface area contributed by atoms with Gasteiger partial charge in [0.25, 0.3) is 0 Å². The fraction of sp³-hybridized carbons (Fsp3) is 0.160. The maximum atomic E-state index is 11.1. The fourth-order valence-corrected chi connectivity index (χ4v) is 5.57. The Morgan fingerprint density at radius 1 is 0.881 bits per heavy atom. The molecule has 0 atom stereocenters. The monoisotopic (exact) mass is 643 g/mol. The first-order valence-electron chi connectivity index (χ1n) is 11.3. The summed E-state index contributed by atoms with van der Waals surface area (Å²) in [5, 5.41) is 48.1. The summed E-state index contributed by atoms with van der Waals surface area (Å²) in [4.78, 5) is 40.6. The number of likely N-dealkylation sites (N-methyl/N-ethyl adjacent to an activating group) is 2. The molecule has 0 radical (unpaired) electrons. The summed E-state index contributed by atoms with van der Waals surface area (Å²) in [7, 11) is 1.58. The largest absolute Gasteiger partial charge is 0.477 e. The second-order valence-electron chi connectivity index (χ2n) is 7.38. The number of halogens is 2. The molecule has 0 saturated heterocycles. The maximum Gasteiger partial charge on any atom is 0.353 e. The van der Waals surface area contributed by atoms with Crippen LogP contribution in [0.2, 0.25) is 10.6 Å². The quantitative estimate of drug-likeness (QED) is 0.332. The average molecular weight is 645 g/mol. The molecule has 13 nitrogen and oxygen atoms in total. The number of nitrogens with zero attached hydrogens (tertiary/aromatic N) is 9. The van der Waals surface area contributed by atoms with Crippen LogP contribution >= 0.6 is 46.7 Å². The van der Waals surface area contributed by atoms with Gasteiger partial charge >= 0.3 is 11.9 Å². The Hall–Kier alpha value is -4.59. The number of aliphatic carboxylic acids is 2. The molecule has 0 aromatic carbocycles. The minimum atomic E-state index is -1.05. The van der Waals surface area contributed by atoms with Crippen molar-refractivity contribution in [3.05, 3.63) is 78.7 Å². The summed E-state index contributed by atoms with van der Waals surface area (Å²) in [5.41, 5.74) is 1.50. The lowest BCUT2D eigenvalue weighted by Crippen LogP contribution is -2.23. The highest BCUT2D eigenvalue weighted by Gasteiger charge is 2.29. The number of rotatable bonds is 5. The molecule has 4 heterocycles. The minimum absolute atomic E-state index is 0.0305. The van der Waals surface area contributed by atoms with E-state index in [0.29, 0.717) is 28.0 Å². The average Bonchev–Trinajstić information content (AvgIpc) is 3.55. The van der Waals surface area contributed by atoms with Crippen LogP contribution in [0.25, 0.3) is 11.1 Å². The number of nitriles is 3. The van der Waals surface area contributed by atoms with Gasteiger partial charge in [0.1, 0.15) is 39.7 Å². The summed E-state index contributed by atoms with van der Waals surface area (Å²) in [5.74, 6) is -2.09. The number of carboxylic acid groups (broad SMARTS) is 2. The van der Waals surface area contributed by atoms with Crippen molar-refractivity contribution in [2.45, 2.75) is 13.8 Å². The molecule has 4 rings (SSSR count). The van der Waals surface area contributed by atoms with Crippen LogP contribution in [0.4, 0.5) is 0 Å². The number of thioether (sulfide) groups is 2. The van der Waals surface area contributed by atoms with E-state index in [2.05, 4.69) is 26.0 Å². The topological polar surface area (TPSA) is 204 Å². The van der Waals surface area contributed by atoms with Gasteiger partial charge in [0.05, 0.1) is 22.5 Å². The van der Waals surface area contributed by atoms with Crippen LogP contribution in [0.3, 0.4) is 0 Å². The molecule has 2 aliphatic heterocycles. The first-order chi connectivity index (χ1) is 20.0. The zero-order valence-electron chi connectivity index (χ0n) is 22.0. The zero-order chi connectivity index (χ0) is 31.4. The van der Waals surface area contributed by atoms with Gasteiger partial charge in [0.15, 0.2) is 0 Å². The first-order valence-corrected chi connectivity index (χ1v) is 13.8. The number of allylic oxidation sites excluding steroid dienone is 2. The maximum absolute atomic E-state index is 11.1. The Kier molecular flexibility index (Phi) is 12.8. The van der Waals surface area contributed by atoms with Gasteiger partial charge in [-0.25, -0.2) is 29.5 Å². The van der Waals surface area contributed by atoms with Crippen LogP contribution in [-0.4, -0.2) is 65.5 Å². The summed E-state index contributed by atoms with van der Waals surface area (Å²) in [6.45, 7) is 3.68. The van der Waals surface area contributed by atoms with E-state index in [1.165, 1.54) is 46.8 Å². The third-order valence-electron chi connectivity index (χ3n) is 4.94. The molecular weight excluding hydrogens is 625 g/mol. The Morgan fingerprint density at radius 3 is 1.69 bits per heavy atom. The molecule has 42 heavy (non-hydrogen) atoms. The number of hydrogen-bond donors (Lipinski definition) is 2. The van der Waals surface area contributed by atoms with E-state index in [-0.39, 0.29) is 33.1 Å². The number of carbonyl (C=O) groups is 2. The van der Waals surface area contributed by atoms with Crippen LogP contribution in [0.1, 0.15) is 25.2 Å². The van der Waals surface area contributed by atoms with Crippen molar-refractivity contribution < 1.29 is 19.8 Å². The number of hydrogen-bond acceptors (Lipinski definition) is 13. The van der Waals surface area contributed by atoms with Crippen molar-refractivity contribution in [3.63, 3.8) is 0 Å². The first kappa shape index (κ1) is 33.6. The molecule has 17 heteroatoms. The van der Waals surface area contributed by atoms with E-state index in [0.717, 1.165) is 11.8 Å². The van der Waals surface area contributed by atoms with Crippen molar-refractivity contribution in [2.75, 3.05) is 13.6 Å². The fourth-order valence-electron chi connectivity index (χ4n) is 3.20. The van der Waals surface area contributed by atoms with E-state index in [1.807, 2.05) is 13.0 Å². The molecular formula is C25H19Cl2N9O4S2. The smallest absolute Gasteiger partial charge is 0.353 e. The second kappa shape index (κ2) is 16.0. The molecule has 0 fully saturated rings. The molecule has 0 saturated carbocycles. The molecule has 0 bridgehead atoms. The second-order valence-corrected chi connectivity index (χ2v) is 9.78. The van der Waals surface area contributed by atoms with Gasteiger partial charge in [-0.15, -0.1) is 0 Å². The molecule has 0 spiro atoms. The van der Waals surface area contributed by atoms with Crippen molar-refractivity contribution >= 4 is 69.8 Å². The summed E-state index contributed by atoms with van der Waals surface area (Å²) in [6.07, 6.45) is 2.89. The van der Waals surface area contributed by atoms with Gasteiger partial charge in [-0.3, -0.25) is 0 Å². The van der Waals surface area contributed by atoms with Crippen molar-refractivity contribution in [2.24, 2.45) is 0 Å². The Bertz CT molecular complexity index is 1640. The summed E-state index contributed by atoms with van der Waals surface area (Å²) < 4.78 is 0. The molecule has 2 aromatic heterocycles. The number of carboxylic acids is 2. The Labute approximate surface area is 258 Å². The predicted molar refractivity (Wildman–Crippen MR) is 157 cm³/mol. The normalized spacial score (nSPS) is 15.8. The Balaban J connectivity index is 0.000000269. The van der Waals surface area contributed by atoms with E-state index in [9.17, 15) is 20.1 Å². The lowest BCUT2D eigenvalue weighted by molar-refractivity contribution is -0.134. The van der Waals surface area contributed by atoms with Crippen LogP contribution in [0, 0.1) is 34.0 Å². The van der Waals surface area contributed by atoms with E-state index >= 15 is 0 Å². The van der Waals surface area contributed by atoms with Crippen molar-refractivity contribution in [1.82, 2.24) is 29.7 Å². The van der Waals surface area contributed by atoms with Crippen molar-refractivity contribution in [3.8, 4) is 18.2 Å². The highest BCUT2D eigenvalue weighted by Crippen LogP contribution is 2.39. The van der Waals surface area contributed by atoms with Gasteiger partial charge in [-0.05, 0) is 42.3 Å². The van der Waals surface area contributed by atoms with Gasteiger partial charge in [0, 0.05) is 43.7 Å². The highest BCUT2D eigenvalue weighted by atomic mass is 35.5. The lowest BCUT2D eigenvalue weighted by Gasteiger charge is -2.19. The third-order valence-corrected chi connectivity index (χ3v) is 7.33. The molecule has 214 valence electrons. The minimum Gasteiger partial charge on any atom is -0.477 e. The van der Waals surface area contributed by atoms with Gasteiger partial charge < -0.3 is 20.0 Å². The van der Waals surface area contributed by atoms with Gasteiger partial charge in [0.2, 0.25) is 10.6 Å². The molecule has 0 aliphatic carbocycles. The van der Waals surface area contributed by atoms with Gasteiger partial charge in [-0.2, -0.15) is 15.8 Å². The standard InChI is InChI=1S/C12H9ClN4O2S.C11H7ClN4O2S.C2H3N/c1-2-17-9(11(18)19)6-20-10(17)7(5-14)8-3-4-15-12(13)16-8;1-16-8(10(17)18)5-19-9(16)6(4-13)7-2-3-14-11(12)15-7;1-2-3/h3-4,6H,2H2,1H3,(H,18,19);2-3,5H,1H3,(H,17,18);1H3. The molecule has 0 unspecified atom stereocenters. The summed E-state index contributed by atoms with van der Waals surface area (Å²) in [6, 6.07) is 8.93. The van der Waals surface area contributed by atoms with Crippen LogP contribution in [0.5, 0.6) is 0 Å². The molecule has 2 aromatic rings. The van der Waals surface area contributed by atoms with Crippen LogP contribution in [0.15, 0.2) is 56.8 Å². The lowest BCUT2D eigenvalue weighted by atomic mass is 10.2. The molecule has 2 aliphatic rings. The van der Waals surface area contributed by atoms with Crippen molar-refractivity contribution in [1.29, 1.82) is 15.8 Å². The molecule has 2 N–H and O–H groups in total. The third kappa shape index (κ3) is 8.22. The Morgan fingerprint density at radius 2 is 1.31 bits per heavy atom. The molecule has 0 amide bonds. The van der Waals surface area contributed by atoms with E-state index < -0.39 is 11.9 Å². The van der Waals surface area contributed by atoms with Gasteiger partial charge in [-0.1, -0.05) is 23.5 Å². The number of aromatic nitrogens is 4. The predicted octanol–water partition coefficient (Wildman–Crippen LogP) is 4.77. The van der Waals surface area contributed by atoms with Crippen LogP contribution in [-0.2, 0) is 9.59 Å². The van der Waals surface area contributed by atoms with E-state index in [4.69, 9.17) is 38.7 Å². The van der Waals surface area contributed by atoms with Crippen LogP contribution < -0.4 is 0 Å². The summed E-state index contributed by atoms with van der Waals surface area (Å²) >= 11 is 13.7. The zero-order valence-corrected chi connectivity index (χ0v) is 25.1. The SMILES string of the molecule is CC#N.CCN1C(C(=O)O)=CSC1=C(C#N)c1ccnc(Cl)n1.CN1C(C(=O)O)=CSC1=C(C#N)c1ccnc(Cl)n1.